The predicted octanol–water partition coefficient (Wildman–Crippen LogP) is 3.90. The normalized spacial score (nSPS) is 11.9. The van der Waals surface area contributed by atoms with Crippen molar-refractivity contribution in [3.63, 3.8) is 0 Å². The molecule has 150 valence electrons. The van der Waals surface area contributed by atoms with Crippen molar-refractivity contribution >= 4 is 59.1 Å². The van der Waals surface area contributed by atoms with Crippen LogP contribution in [-0.2, 0) is 16.4 Å². The molecule has 0 aliphatic rings. The van der Waals surface area contributed by atoms with E-state index in [9.17, 15) is 11.9 Å². The van der Waals surface area contributed by atoms with Crippen molar-refractivity contribution in [3.05, 3.63) is 58.1 Å². The van der Waals surface area contributed by atoms with Gasteiger partial charge in [-0.05, 0) is 0 Å². The van der Waals surface area contributed by atoms with E-state index in [0.29, 0.717) is 26.0 Å². The van der Waals surface area contributed by atoms with Gasteiger partial charge >= 0.3 is 178 Å². The Morgan fingerprint density at radius 1 is 1.11 bits per heavy atom. The molecule has 2 aromatic carbocycles. The van der Waals surface area contributed by atoms with Crippen molar-refractivity contribution in [1.29, 1.82) is 0 Å². The molecule has 0 fully saturated rings. The number of hydrogen-bond donors (Lipinski definition) is 3. The Morgan fingerprint density at radius 2 is 1.81 bits per heavy atom. The van der Waals surface area contributed by atoms with Crippen molar-refractivity contribution in [3.8, 4) is 5.75 Å². The molecular formula is C17H21Cl2IN2O4S. The number of rotatable bonds is 10. The molecule has 0 radical (unpaired) electrons. The summed E-state index contributed by atoms with van der Waals surface area (Å²) in [4.78, 5) is 0. The van der Waals surface area contributed by atoms with Crippen LogP contribution in [0, 0.1) is 0 Å². The van der Waals surface area contributed by atoms with Gasteiger partial charge in [0.05, 0.1) is 0 Å². The summed E-state index contributed by atoms with van der Waals surface area (Å²) in [6.07, 6.45) is 1.88. The van der Waals surface area contributed by atoms with Crippen LogP contribution in [0.4, 0.5) is 5.69 Å². The van der Waals surface area contributed by atoms with Crippen LogP contribution in [0.3, 0.4) is 0 Å². The van der Waals surface area contributed by atoms with Gasteiger partial charge in [0.2, 0.25) is 0 Å². The van der Waals surface area contributed by atoms with Gasteiger partial charge in [-0.2, -0.15) is 0 Å². The molecule has 0 spiro atoms. The maximum atomic E-state index is 11.2. The van der Waals surface area contributed by atoms with Crippen molar-refractivity contribution in [1.82, 2.24) is 5.32 Å². The summed E-state index contributed by atoms with van der Waals surface area (Å²) in [7, 11) is -3.30. The third-order valence-corrected chi connectivity index (χ3v) is 7.12. The average Bonchev–Trinajstić information content (AvgIpc) is 2.60. The molecular weight excluding hydrogens is 526 g/mol. The van der Waals surface area contributed by atoms with Crippen LogP contribution in [0.5, 0.6) is 5.75 Å². The molecule has 0 saturated carbocycles. The van der Waals surface area contributed by atoms with E-state index in [-0.39, 0.29) is 4.61 Å². The van der Waals surface area contributed by atoms with E-state index in [2.05, 4.69) is 10.0 Å². The fraction of sp³-hybridized carbons (Fsp3) is 0.294. The molecule has 3 N–H and O–H groups in total. The fourth-order valence-electron chi connectivity index (χ4n) is 2.10. The van der Waals surface area contributed by atoms with Crippen molar-refractivity contribution in [2.45, 2.75) is 6.42 Å². The number of ether oxygens (including phenoxy) is 1. The van der Waals surface area contributed by atoms with Crippen LogP contribution in [-0.4, -0.2) is 33.8 Å². The molecule has 0 aliphatic heterocycles. The standard InChI is InChI=1S/C17H21Cl2IN2O4S/c1-27(24,25)22-14-3-5-15(6-4-14)26-12-20(23)11-21-9-8-13-2-7-16(18)17(19)10-13/h2-7,10,21-23H,8-9,11-12H2,1H3. The summed E-state index contributed by atoms with van der Waals surface area (Å²) < 4.78 is 41.2. The first kappa shape index (κ1) is 22.5. The van der Waals surface area contributed by atoms with E-state index in [1.165, 1.54) is 0 Å². The Balaban J connectivity index is 1.67. The van der Waals surface area contributed by atoms with Gasteiger partial charge in [0.15, 0.2) is 0 Å². The summed E-state index contributed by atoms with van der Waals surface area (Å²) >= 11 is 9.64. The van der Waals surface area contributed by atoms with E-state index in [4.69, 9.17) is 27.9 Å². The Labute approximate surface area is 177 Å². The van der Waals surface area contributed by atoms with Crippen LogP contribution in [0.2, 0.25) is 10.0 Å². The molecule has 2 aromatic rings. The Bertz CT molecular complexity index is 851. The average molecular weight is 547 g/mol. The molecule has 0 bridgehead atoms. The molecule has 0 aromatic heterocycles. The van der Waals surface area contributed by atoms with Gasteiger partial charge in [0.1, 0.15) is 0 Å². The summed E-state index contributed by atoms with van der Waals surface area (Å²) in [6.45, 7) is 0.721. The van der Waals surface area contributed by atoms with Crippen LogP contribution >= 0.6 is 43.4 Å². The van der Waals surface area contributed by atoms with E-state index < -0.39 is 30.3 Å². The van der Waals surface area contributed by atoms with Gasteiger partial charge in [-0.25, -0.2) is 0 Å². The molecule has 6 nitrogen and oxygen atoms in total. The van der Waals surface area contributed by atoms with Crippen LogP contribution in [0.1, 0.15) is 5.56 Å². The maximum absolute atomic E-state index is 11.2. The minimum absolute atomic E-state index is 0.280. The zero-order chi connectivity index (χ0) is 19.9. The van der Waals surface area contributed by atoms with Gasteiger partial charge in [0, 0.05) is 0 Å². The van der Waals surface area contributed by atoms with Crippen LogP contribution < -0.4 is 14.8 Å². The van der Waals surface area contributed by atoms with Crippen molar-refractivity contribution in [2.75, 3.05) is 26.7 Å². The summed E-state index contributed by atoms with van der Waals surface area (Å²) in [5.74, 6) is 0.584. The number of sulfonamides is 1. The van der Waals surface area contributed by atoms with Gasteiger partial charge in [0.25, 0.3) is 0 Å². The van der Waals surface area contributed by atoms with Crippen molar-refractivity contribution in [2.24, 2.45) is 0 Å². The number of alkyl halides is 2. The second kappa shape index (κ2) is 10.7. The van der Waals surface area contributed by atoms with E-state index >= 15 is 0 Å². The van der Waals surface area contributed by atoms with Gasteiger partial charge in [-0.3, -0.25) is 0 Å². The molecule has 0 saturated heterocycles. The van der Waals surface area contributed by atoms with Gasteiger partial charge in [-0.15, -0.1) is 0 Å². The number of halogens is 3. The molecule has 2 rings (SSSR count). The number of hydrogen-bond acceptors (Lipinski definition) is 5. The molecule has 0 unspecified atom stereocenters. The zero-order valence-electron chi connectivity index (χ0n) is 14.6. The summed E-state index contributed by atoms with van der Waals surface area (Å²) in [5.41, 5.74) is 1.54. The Morgan fingerprint density at radius 3 is 2.44 bits per heavy atom. The third kappa shape index (κ3) is 8.84. The van der Waals surface area contributed by atoms with Crippen LogP contribution in [0.15, 0.2) is 42.5 Å². The van der Waals surface area contributed by atoms with Gasteiger partial charge in [-0.1, -0.05) is 0 Å². The first-order valence-electron chi connectivity index (χ1n) is 7.89. The number of benzene rings is 2. The predicted molar refractivity (Wildman–Crippen MR) is 120 cm³/mol. The summed E-state index contributed by atoms with van der Waals surface area (Å²) in [5, 5.41) is 4.30. The molecule has 27 heavy (non-hydrogen) atoms. The number of anilines is 1. The SMILES string of the molecule is CS(=O)(=O)Nc1ccc(OCI(O)CNCCc2ccc(Cl)c(Cl)c2)cc1. The monoisotopic (exact) mass is 546 g/mol. The molecule has 0 heterocycles. The second-order valence-corrected chi connectivity index (χ2v) is 12.1. The second-order valence-electron chi connectivity index (χ2n) is 5.71. The molecule has 10 heteroatoms. The van der Waals surface area contributed by atoms with E-state index in [1.807, 2.05) is 12.1 Å². The Hall–Kier alpha value is -0.780. The van der Waals surface area contributed by atoms with Crippen molar-refractivity contribution < 1.29 is 16.6 Å². The fourth-order valence-corrected chi connectivity index (χ4v) is 4.93. The minimum atomic E-state index is -3.30. The third-order valence-electron chi connectivity index (χ3n) is 3.33. The zero-order valence-corrected chi connectivity index (χ0v) is 19.1. The Kier molecular flexibility index (Phi) is 8.90. The van der Waals surface area contributed by atoms with Gasteiger partial charge < -0.3 is 0 Å². The summed E-state index contributed by atoms with van der Waals surface area (Å²) in [6, 6.07) is 12.1. The van der Waals surface area contributed by atoms with E-state index in [0.717, 1.165) is 24.8 Å². The quantitative estimate of drug-likeness (QED) is 0.182. The van der Waals surface area contributed by atoms with E-state index in [1.54, 1.807) is 30.3 Å². The molecule has 0 aliphatic carbocycles. The molecule has 0 amide bonds. The van der Waals surface area contributed by atoms with Crippen LogP contribution in [0.25, 0.3) is 0 Å². The first-order chi connectivity index (χ1) is 12.7. The topological polar surface area (TPSA) is 87.7 Å². The number of nitrogens with one attached hydrogen (secondary N) is 2. The first-order valence-corrected chi connectivity index (χ1v) is 14.6. The molecule has 0 atom stereocenters.